The molecule has 5 nitrogen and oxygen atoms in total. The van der Waals surface area contributed by atoms with Crippen LogP contribution in [0.1, 0.15) is 29.9 Å². The molecule has 3 aromatic rings. The van der Waals surface area contributed by atoms with Crippen LogP contribution in [-0.4, -0.2) is 17.2 Å². The summed E-state index contributed by atoms with van der Waals surface area (Å²) in [6.07, 6.45) is 0.114. The number of aromatic nitrogens is 1. The van der Waals surface area contributed by atoms with Crippen LogP contribution in [0.4, 0.5) is 4.39 Å². The van der Waals surface area contributed by atoms with Crippen LogP contribution in [0.3, 0.4) is 0 Å². The highest BCUT2D eigenvalue weighted by Crippen LogP contribution is 2.20. The first-order valence-corrected chi connectivity index (χ1v) is 8.28. The van der Waals surface area contributed by atoms with E-state index in [0.717, 1.165) is 11.3 Å². The van der Waals surface area contributed by atoms with E-state index in [1.54, 1.807) is 12.1 Å². The Balaban J connectivity index is 1.59. The van der Waals surface area contributed by atoms with Crippen LogP contribution in [0.15, 0.2) is 59.1 Å². The monoisotopic (exact) mass is 354 g/mol. The summed E-state index contributed by atoms with van der Waals surface area (Å²) in [5.74, 6) is 0.515. The Hall–Kier alpha value is -3.15. The maximum Gasteiger partial charge on any atom is 0.273 e. The summed E-state index contributed by atoms with van der Waals surface area (Å²) < 4.78 is 23.7. The van der Waals surface area contributed by atoms with Crippen molar-refractivity contribution in [2.24, 2.45) is 0 Å². The van der Waals surface area contributed by atoms with E-state index in [0.29, 0.717) is 17.9 Å². The average molecular weight is 354 g/mol. The second-order valence-electron chi connectivity index (χ2n) is 6.08. The molecule has 26 heavy (non-hydrogen) atoms. The first-order valence-electron chi connectivity index (χ1n) is 8.28. The van der Waals surface area contributed by atoms with Crippen molar-refractivity contribution >= 4 is 5.91 Å². The SMILES string of the molecule is CC(C)Oc1ccc(CNC(=O)c2cc(-c3ccc(F)cc3)on2)cc1. The van der Waals surface area contributed by atoms with Crippen molar-refractivity contribution in [3.05, 3.63) is 71.7 Å². The lowest BCUT2D eigenvalue weighted by Crippen LogP contribution is -2.23. The van der Waals surface area contributed by atoms with Gasteiger partial charge in [0, 0.05) is 18.2 Å². The Morgan fingerprint density at radius 1 is 1.15 bits per heavy atom. The highest BCUT2D eigenvalue weighted by Gasteiger charge is 2.13. The van der Waals surface area contributed by atoms with Crippen molar-refractivity contribution in [2.45, 2.75) is 26.5 Å². The normalized spacial score (nSPS) is 10.8. The minimum atomic E-state index is -0.343. The predicted octanol–water partition coefficient (Wildman–Crippen LogP) is 4.20. The fourth-order valence-electron chi connectivity index (χ4n) is 2.36. The molecule has 1 heterocycles. The van der Waals surface area contributed by atoms with Gasteiger partial charge in [0.05, 0.1) is 6.10 Å². The summed E-state index contributed by atoms with van der Waals surface area (Å²) in [6.45, 7) is 4.29. The standard InChI is InChI=1S/C20H19FN2O3/c1-13(2)25-17-9-3-14(4-10-17)12-22-20(24)18-11-19(26-23-18)15-5-7-16(21)8-6-15/h3-11,13H,12H2,1-2H3,(H,22,24). The molecular weight excluding hydrogens is 335 g/mol. The Morgan fingerprint density at radius 3 is 2.50 bits per heavy atom. The molecule has 6 heteroatoms. The smallest absolute Gasteiger partial charge is 0.273 e. The predicted molar refractivity (Wildman–Crippen MR) is 95.3 cm³/mol. The van der Waals surface area contributed by atoms with Gasteiger partial charge in [0.2, 0.25) is 0 Å². The molecule has 2 aromatic carbocycles. The Kier molecular flexibility index (Phi) is 5.31. The van der Waals surface area contributed by atoms with E-state index < -0.39 is 0 Å². The zero-order valence-electron chi connectivity index (χ0n) is 14.5. The number of hydrogen-bond donors (Lipinski definition) is 1. The third-order valence-electron chi connectivity index (χ3n) is 3.62. The zero-order chi connectivity index (χ0) is 18.5. The van der Waals surface area contributed by atoms with Crippen molar-refractivity contribution < 1.29 is 18.4 Å². The molecule has 1 amide bonds. The molecule has 0 radical (unpaired) electrons. The highest BCUT2D eigenvalue weighted by molar-refractivity contribution is 5.93. The number of rotatable bonds is 6. The lowest BCUT2D eigenvalue weighted by Gasteiger charge is -2.10. The molecule has 0 saturated heterocycles. The van der Waals surface area contributed by atoms with Crippen LogP contribution in [0.5, 0.6) is 5.75 Å². The van der Waals surface area contributed by atoms with Gasteiger partial charge in [-0.2, -0.15) is 0 Å². The van der Waals surface area contributed by atoms with E-state index in [9.17, 15) is 9.18 Å². The van der Waals surface area contributed by atoms with E-state index in [1.807, 2.05) is 38.1 Å². The number of carbonyl (C=O) groups excluding carboxylic acids is 1. The van der Waals surface area contributed by atoms with Crippen LogP contribution in [0.25, 0.3) is 11.3 Å². The van der Waals surface area contributed by atoms with Gasteiger partial charge in [0.15, 0.2) is 11.5 Å². The maximum atomic E-state index is 13.0. The van der Waals surface area contributed by atoms with Gasteiger partial charge >= 0.3 is 0 Å². The lowest BCUT2D eigenvalue weighted by atomic mass is 10.1. The molecule has 0 saturated carbocycles. The number of nitrogens with zero attached hydrogens (tertiary/aromatic N) is 1. The summed E-state index contributed by atoms with van der Waals surface area (Å²) >= 11 is 0. The second-order valence-corrected chi connectivity index (χ2v) is 6.08. The van der Waals surface area contributed by atoms with Gasteiger partial charge in [0.1, 0.15) is 11.6 Å². The Morgan fingerprint density at radius 2 is 1.85 bits per heavy atom. The first-order chi connectivity index (χ1) is 12.5. The van der Waals surface area contributed by atoms with Crippen molar-refractivity contribution in [3.8, 4) is 17.1 Å². The number of carbonyl (C=O) groups is 1. The van der Waals surface area contributed by atoms with E-state index in [1.165, 1.54) is 18.2 Å². The number of halogens is 1. The molecule has 0 bridgehead atoms. The average Bonchev–Trinajstić information content (AvgIpc) is 3.11. The van der Waals surface area contributed by atoms with Crippen molar-refractivity contribution in [1.82, 2.24) is 10.5 Å². The number of ether oxygens (including phenoxy) is 1. The van der Waals surface area contributed by atoms with Crippen LogP contribution in [0.2, 0.25) is 0 Å². The summed E-state index contributed by atoms with van der Waals surface area (Å²) in [7, 11) is 0. The summed E-state index contributed by atoms with van der Waals surface area (Å²) in [6, 6.07) is 14.8. The third kappa shape index (κ3) is 4.47. The van der Waals surface area contributed by atoms with Crippen molar-refractivity contribution in [1.29, 1.82) is 0 Å². The van der Waals surface area contributed by atoms with E-state index in [-0.39, 0.29) is 23.5 Å². The molecular formula is C20H19FN2O3. The highest BCUT2D eigenvalue weighted by atomic mass is 19.1. The molecule has 1 N–H and O–H groups in total. The van der Waals surface area contributed by atoms with Crippen LogP contribution >= 0.6 is 0 Å². The molecule has 0 aliphatic rings. The molecule has 3 rings (SSSR count). The number of amides is 1. The minimum Gasteiger partial charge on any atom is -0.491 e. The molecule has 0 spiro atoms. The van der Waals surface area contributed by atoms with Gasteiger partial charge in [-0.3, -0.25) is 4.79 Å². The van der Waals surface area contributed by atoms with E-state index in [4.69, 9.17) is 9.26 Å². The molecule has 0 unspecified atom stereocenters. The van der Waals surface area contributed by atoms with Gasteiger partial charge in [-0.25, -0.2) is 4.39 Å². The fourth-order valence-corrected chi connectivity index (χ4v) is 2.36. The van der Waals surface area contributed by atoms with Crippen molar-refractivity contribution in [2.75, 3.05) is 0 Å². The third-order valence-corrected chi connectivity index (χ3v) is 3.62. The fraction of sp³-hybridized carbons (Fsp3) is 0.200. The maximum absolute atomic E-state index is 13.0. The van der Waals surface area contributed by atoms with Crippen LogP contribution in [0, 0.1) is 5.82 Å². The topological polar surface area (TPSA) is 64.4 Å². The van der Waals surface area contributed by atoms with Crippen LogP contribution < -0.4 is 10.1 Å². The summed E-state index contributed by atoms with van der Waals surface area (Å²) in [5, 5.41) is 6.56. The van der Waals surface area contributed by atoms with Crippen LogP contribution in [-0.2, 0) is 6.54 Å². The molecule has 0 aliphatic carbocycles. The Labute approximate surface area is 150 Å². The summed E-state index contributed by atoms with van der Waals surface area (Å²) in [4.78, 5) is 12.2. The quantitative estimate of drug-likeness (QED) is 0.721. The van der Waals surface area contributed by atoms with E-state index >= 15 is 0 Å². The largest absolute Gasteiger partial charge is 0.491 e. The number of hydrogen-bond acceptors (Lipinski definition) is 4. The lowest BCUT2D eigenvalue weighted by molar-refractivity contribution is 0.0942. The number of benzene rings is 2. The first kappa shape index (κ1) is 17.7. The van der Waals surface area contributed by atoms with Gasteiger partial charge in [-0.05, 0) is 55.8 Å². The molecule has 0 aliphatic heterocycles. The molecule has 134 valence electrons. The second kappa shape index (κ2) is 7.82. The Bertz CT molecular complexity index is 871. The zero-order valence-corrected chi connectivity index (χ0v) is 14.5. The minimum absolute atomic E-state index is 0.114. The van der Waals surface area contributed by atoms with Gasteiger partial charge < -0.3 is 14.6 Å². The molecule has 1 aromatic heterocycles. The summed E-state index contributed by atoms with van der Waals surface area (Å²) in [5.41, 5.74) is 1.76. The molecule has 0 fully saturated rings. The van der Waals surface area contributed by atoms with Gasteiger partial charge in [0.25, 0.3) is 5.91 Å². The van der Waals surface area contributed by atoms with E-state index in [2.05, 4.69) is 10.5 Å². The van der Waals surface area contributed by atoms with Crippen molar-refractivity contribution in [3.63, 3.8) is 0 Å². The van der Waals surface area contributed by atoms with Gasteiger partial charge in [-0.1, -0.05) is 17.3 Å². The van der Waals surface area contributed by atoms with Gasteiger partial charge in [-0.15, -0.1) is 0 Å². The molecule has 0 atom stereocenters. The number of nitrogens with one attached hydrogen (secondary N) is 1.